The van der Waals surface area contributed by atoms with Crippen LogP contribution in [-0.2, 0) is 14.4 Å². The van der Waals surface area contributed by atoms with Gasteiger partial charge >= 0.3 is 5.97 Å². The largest absolute Gasteiger partial charge is 0.481 e. The van der Waals surface area contributed by atoms with E-state index in [4.69, 9.17) is 0 Å². The fourth-order valence-electron chi connectivity index (χ4n) is 11.4. The van der Waals surface area contributed by atoms with E-state index in [2.05, 4.69) is 54.5 Å². The van der Waals surface area contributed by atoms with Crippen LogP contribution in [0.3, 0.4) is 0 Å². The molecule has 4 heteroatoms. The molecule has 0 amide bonds. The molecule has 0 aliphatic heterocycles. The van der Waals surface area contributed by atoms with Crippen molar-refractivity contribution in [2.24, 2.45) is 62.6 Å². The van der Waals surface area contributed by atoms with Crippen molar-refractivity contribution in [2.75, 3.05) is 0 Å². The monoisotopic (exact) mass is 482 g/mol. The van der Waals surface area contributed by atoms with Crippen LogP contribution < -0.4 is 0 Å². The normalized spacial score (nSPS) is 50.5. The van der Waals surface area contributed by atoms with Crippen LogP contribution in [0.2, 0.25) is 0 Å². The first kappa shape index (κ1) is 25.2. The quantitative estimate of drug-likeness (QED) is 0.358. The molecule has 5 aliphatic carbocycles. The first-order valence-electron chi connectivity index (χ1n) is 14.2. The number of fused-ring (bicyclic) bond motifs is 7. The highest BCUT2D eigenvalue weighted by atomic mass is 16.4. The first-order chi connectivity index (χ1) is 16.2. The Morgan fingerprint density at radius 2 is 1.63 bits per heavy atom. The predicted octanol–water partition coefficient (Wildman–Crippen LogP) is 6.72. The summed E-state index contributed by atoms with van der Waals surface area (Å²) < 4.78 is 0. The van der Waals surface area contributed by atoms with E-state index in [9.17, 15) is 19.5 Å². The van der Waals surface area contributed by atoms with Crippen molar-refractivity contribution in [3.05, 3.63) is 11.6 Å². The minimum Gasteiger partial charge on any atom is -0.481 e. The number of hydrogen-bond donors (Lipinski definition) is 1. The van der Waals surface area contributed by atoms with Crippen LogP contribution in [0.4, 0.5) is 0 Å². The molecule has 0 bridgehead atoms. The van der Waals surface area contributed by atoms with E-state index in [-0.39, 0.29) is 33.9 Å². The van der Waals surface area contributed by atoms with E-state index in [0.717, 1.165) is 57.7 Å². The zero-order chi connectivity index (χ0) is 25.8. The maximum Gasteiger partial charge on any atom is 0.309 e. The smallest absolute Gasteiger partial charge is 0.309 e. The van der Waals surface area contributed by atoms with E-state index >= 15 is 0 Å². The van der Waals surface area contributed by atoms with Crippen LogP contribution >= 0.6 is 0 Å². The molecule has 194 valence electrons. The molecule has 35 heavy (non-hydrogen) atoms. The zero-order valence-corrected chi connectivity index (χ0v) is 22.9. The average molecular weight is 483 g/mol. The van der Waals surface area contributed by atoms with Gasteiger partial charge in [0.05, 0.1) is 11.0 Å². The lowest BCUT2D eigenvalue weighted by Gasteiger charge is -2.71. The minimum absolute atomic E-state index is 0.00751. The van der Waals surface area contributed by atoms with Crippen LogP contribution in [0, 0.1) is 62.6 Å². The number of Topliss-reactive ketones (excluding diaryl/α,β-unsaturated/α-hetero) is 1. The van der Waals surface area contributed by atoms with Gasteiger partial charge in [-0.15, -0.1) is 0 Å². The molecular formula is C31H46O4. The Bertz CT molecular complexity index is 992. The number of carbonyl (C=O) groups excluding carboxylic acids is 2. The van der Waals surface area contributed by atoms with Gasteiger partial charge in [-0.05, 0) is 103 Å². The van der Waals surface area contributed by atoms with Crippen molar-refractivity contribution in [1.29, 1.82) is 0 Å². The summed E-state index contributed by atoms with van der Waals surface area (Å²) in [5.74, 6) is 1.76. The SMILES string of the molecule is CC(C)[C@@H]1CC[C@]2(C(=O)O)CC[C@]3(C)C(CCC4[C@@]5(C)C=C(C=O)C(=O)C(C)(C)C5CC[C@]43C)C12. The molecule has 4 fully saturated rings. The lowest BCUT2D eigenvalue weighted by Crippen LogP contribution is -2.66. The standard InChI is InChI=1S/C31H46O4/c1-18(2)20-10-13-31(26(34)35)15-14-29(6)21(24(20)31)8-9-23-28(5)16-19(17-32)25(33)27(3,4)22(28)11-12-30(23,29)7/h16-18,20-24H,8-15H2,1-7H3,(H,34,35)/t20-,21?,22?,23?,24?,28-,29+,30+,31-/m0/s1. The molecule has 0 aromatic heterocycles. The fourth-order valence-corrected chi connectivity index (χ4v) is 11.4. The van der Waals surface area contributed by atoms with E-state index in [1.54, 1.807) is 0 Å². The molecule has 0 aromatic carbocycles. The highest BCUT2D eigenvalue weighted by molar-refractivity contribution is 6.15. The predicted molar refractivity (Wildman–Crippen MR) is 137 cm³/mol. The summed E-state index contributed by atoms with van der Waals surface area (Å²) in [6.07, 6.45) is 10.7. The summed E-state index contributed by atoms with van der Waals surface area (Å²) in [6, 6.07) is 0. The molecule has 0 saturated heterocycles. The van der Waals surface area contributed by atoms with Crippen LogP contribution in [-0.4, -0.2) is 23.1 Å². The number of carboxylic acids is 1. The Kier molecular flexibility index (Phi) is 5.43. The minimum atomic E-state index is -0.554. The van der Waals surface area contributed by atoms with Gasteiger partial charge in [0.1, 0.15) is 0 Å². The summed E-state index contributed by atoms with van der Waals surface area (Å²) >= 11 is 0. The Morgan fingerprint density at radius 1 is 0.943 bits per heavy atom. The zero-order valence-electron chi connectivity index (χ0n) is 22.9. The van der Waals surface area contributed by atoms with Crippen LogP contribution in [0.5, 0.6) is 0 Å². The maximum absolute atomic E-state index is 13.2. The molecular weight excluding hydrogens is 436 g/mol. The summed E-state index contributed by atoms with van der Waals surface area (Å²) in [4.78, 5) is 38.0. The lowest BCUT2D eigenvalue weighted by molar-refractivity contribution is -0.223. The molecule has 9 atom stereocenters. The highest BCUT2D eigenvalue weighted by Crippen LogP contribution is 2.77. The first-order valence-corrected chi connectivity index (χ1v) is 14.2. The van der Waals surface area contributed by atoms with Gasteiger partial charge in [-0.2, -0.15) is 0 Å². The van der Waals surface area contributed by atoms with Crippen molar-refractivity contribution >= 4 is 18.0 Å². The molecule has 5 rings (SSSR count). The van der Waals surface area contributed by atoms with Gasteiger partial charge in [0.15, 0.2) is 12.1 Å². The molecule has 4 saturated carbocycles. The van der Waals surface area contributed by atoms with Gasteiger partial charge in [0.25, 0.3) is 0 Å². The summed E-state index contributed by atoms with van der Waals surface area (Å²) in [7, 11) is 0. The number of carboxylic acid groups (broad SMARTS) is 1. The second kappa shape index (κ2) is 7.54. The van der Waals surface area contributed by atoms with E-state index in [0.29, 0.717) is 29.2 Å². The Hall–Kier alpha value is -1.45. The molecule has 1 N–H and O–H groups in total. The molecule has 4 unspecified atom stereocenters. The second-order valence-corrected chi connectivity index (χ2v) is 14.7. The maximum atomic E-state index is 13.2. The number of allylic oxidation sites excluding steroid dienone is 2. The van der Waals surface area contributed by atoms with Gasteiger partial charge in [0, 0.05) is 5.41 Å². The molecule has 5 aliphatic rings. The van der Waals surface area contributed by atoms with Crippen LogP contribution in [0.25, 0.3) is 0 Å². The third-order valence-electron chi connectivity index (χ3n) is 13.3. The van der Waals surface area contributed by atoms with Gasteiger partial charge in [-0.3, -0.25) is 14.4 Å². The summed E-state index contributed by atoms with van der Waals surface area (Å²) in [5, 5.41) is 10.5. The third-order valence-corrected chi connectivity index (χ3v) is 13.3. The molecule has 0 aromatic rings. The van der Waals surface area contributed by atoms with Crippen LogP contribution in [0.15, 0.2) is 11.6 Å². The van der Waals surface area contributed by atoms with E-state index < -0.39 is 16.8 Å². The topological polar surface area (TPSA) is 71.4 Å². The number of ketones is 1. The van der Waals surface area contributed by atoms with Crippen molar-refractivity contribution in [1.82, 2.24) is 0 Å². The molecule has 0 radical (unpaired) electrons. The Balaban J connectivity index is 1.61. The Morgan fingerprint density at radius 3 is 2.23 bits per heavy atom. The number of hydrogen-bond acceptors (Lipinski definition) is 3. The van der Waals surface area contributed by atoms with Crippen molar-refractivity contribution in [3.63, 3.8) is 0 Å². The molecule has 4 nitrogen and oxygen atoms in total. The number of carbonyl (C=O) groups is 3. The van der Waals surface area contributed by atoms with Gasteiger partial charge < -0.3 is 5.11 Å². The van der Waals surface area contributed by atoms with Crippen molar-refractivity contribution < 1.29 is 19.5 Å². The summed E-state index contributed by atoms with van der Waals surface area (Å²) in [6.45, 7) is 16.0. The van der Waals surface area contributed by atoms with Gasteiger partial charge in [0.2, 0.25) is 0 Å². The highest BCUT2D eigenvalue weighted by Gasteiger charge is 2.72. The summed E-state index contributed by atoms with van der Waals surface area (Å²) in [5.41, 5.74) is -0.758. The number of aldehydes is 1. The van der Waals surface area contributed by atoms with Gasteiger partial charge in [-0.1, -0.05) is 54.5 Å². The molecule has 0 spiro atoms. The van der Waals surface area contributed by atoms with Crippen molar-refractivity contribution in [3.8, 4) is 0 Å². The third kappa shape index (κ3) is 2.89. The number of rotatable bonds is 3. The Labute approximate surface area is 211 Å². The fraction of sp³-hybridized carbons (Fsp3) is 0.839. The van der Waals surface area contributed by atoms with Crippen molar-refractivity contribution in [2.45, 2.75) is 99.8 Å². The lowest BCUT2D eigenvalue weighted by atomic mass is 9.32. The molecule has 0 heterocycles. The van der Waals surface area contributed by atoms with Crippen LogP contribution in [0.1, 0.15) is 99.8 Å². The second-order valence-electron chi connectivity index (χ2n) is 14.7. The van der Waals surface area contributed by atoms with E-state index in [1.807, 2.05) is 0 Å². The van der Waals surface area contributed by atoms with E-state index in [1.165, 1.54) is 0 Å². The number of aliphatic carboxylic acids is 1. The van der Waals surface area contributed by atoms with Gasteiger partial charge in [-0.25, -0.2) is 0 Å². The average Bonchev–Trinajstić information content (AvgIpc) is 3.18.